The molecule has 0 aromatic heterocycles. The van der Waals surface area contributed by atoms with Crippen molar-refractivity contribution in [1.29, 1.82) is 0 Å². The van der Waals surface area contributed by atoms with Crippen LogP contribution in [0.4, 0.5) is 0 Å². The maximum Gasteiger partial charge on any atom is 0.296 e. The molecule has 7 heteroatoms. The number of carbonyl (C=O) groups excluding carboxylic acids is 2. The van der Waals surface area contributed by atoms with E-state index >= 15 is 0 Å². The Balaban J connectivity index is 1.82. The number of ether oxygens (including phenoxy) is 1. The predicted octanol–water partition coefficient (Wildman–Crippen LogP) is 0.637. The summed E-state index contributed by atoms with van der Waals surface area (Å²) in [7, 11) is 0. The minimum absolute atomic E-state index is 0.00149. The van der Waals surface area contributed by atoms with Crippen molar-refractivity contribution in [3.63, 3.8) is 0 Å². The van der Waals surface area contributed by atoms with Gasteiger partial charge in [-0.2, -0.15) is 0 Å². The monoisotopic (exact) mass is 379 g/mol. The average Bonchev–Trinajstić information content (AvgIpc) is 3.12. The SMILES string of the molecule is CC1=C2C(=O)C(=O)N(Cc3ccccc3)C23C(O)(O)c2ccccc2C3(O)O1. The zero-order chi connectivity index (χ0) is 19.9. The maximum atomic E-state index is 12.9. The fourth-order valence-electron chi connectivity index (χ4n) is 4.88. The molecule has 142 valence electrons. The van der Waals surface area contributed by atoms with E-state index in [0.29, 0.717) is 5.56 Å². The largest absolute Gasteiger partial charge is 0.459 e. The van der Waals surface area contributed by atoms with Crippen LogP contribution in [0.3, 0.4) is 0 Å². The molecule has 2 aromatic rings. The van der Waals surface area contributed by atoms with Crippen LogP contribution < -0.4 is 0 Å². The lowest BCUT2D eigenvalue weighted by atomic mass is 9.79. The number of allylic oxidation sites excluding steroid dienone is 1. The zero-order valence-corrected chi connectivity index (χ0v) is 14.9. The second-order valence-electron chi connectivity index (χ2n) is 7.31. The van der Waals surface area contributed by atoms with Gasteiger partial charge in [-0.25, -0.2) is 0 Å². The fourth-order valence-corrected chi connectivity index (χ4v) is 4.88. The molecule has 1 saturated heterocycles. The Hall–Kier alpha value is -3.00. The van der Waals surface area contributed by atoms with E-state index in [-0.39, 0.29) is 29.0 Å². The van der Waals surface area contributed by atoms with E-state index in [1.54, 1.807) is 42.5 Å². The highest BCUT2D eigenvalue weighted by atomic mass is 16.6. The lowest BCUT2D eigenvalue weighted by molar-refractivity contribution is -0.317. The summed E-state index contributed by atoms with van der Waals surface area (Å²) in [6.07, 6.45) is 0. The molecule has 0 saturated carbocycles. The average molecular weight is 379 g/mol. The summed E-state index contributed by atoms with van der Waals surface area (Å²) < 4.78 is 5.68. The molecule has 28 heavy (non-hydrogen) atoms. The topological polar surface area (TPSA) is 107 Å². The first-order valence-electron chi connectivity index (χ1n) is 8.84. The van der Waals surface area contributed by atoms with Crippen molar-refractivity contribution in [3.05, 3.63) is 82.6 Å². The number of likely N-dealkylation sites (tertiary alicyclic amines) is 1. The van der Waals surface area contributed by atoms with Gasteiger partial charge in [0.25, 0.3) is 17.5 Å². The standard InChI is InChI=1S/C21H17NO6/c1-12-16-17(23)18(24)22(11-13-7-3-2-4-8-13)19(16)20(25,26)14-9-5-6-10-15(14)21(19,27)28-12/h2-10,25-27H,11H2,1H3. The Bertz CT molecular complexity index is 1080. The Morgan fingerprint density at radius 3 is 2.21 bits per heavy atom. The first-order chi connectivity index (χ1) is 13.3. The Kier molecular flexibility index (Phi) is 3.11. The van der Waals surface area contributed by atoms with E-state index < -0.39 is 28.8 Å². The lowest BCUT2D eigenvalue weighted by Gasteiger charge is -2.45. The van der Waals surface area contributed by atoms with Gasteiger partial charge >= 0.3 is 0 Å². The summed E-state index contributed by atoms with van der Waals surface area (Å²) in [4.78, 5) is 26.8. The van der Waals surface area contributed by atoms with Gasteiger partial charge < -0.3 is 25.0 Å². The van der Waals surface area contributed by atoms with Crippen molar-refractivity contribution >= 4 is 11.7 Å². The van der Waals surface area contributed by atoms with Crippen molar-refractivity contribution < 1.29 is 29.6 Å². The van der Waals surface area contributed by atoms with Gasteiger partial charge in [0.1, 0.15) is 5.76 Å². The van der Waals surface area contributed by atoms with Crippen LogP contribution in [0.25, 0.3) is 0 Å². The van der Waals surface area contributed by atoms with Gasteiger partial charge in [0.2, 0.25) is 11.3 Å². The second-order valence-corrected chi connectivity index (χ2v) is 7.31. The third-order valence-corrected chi connectivity index (χ3v) is 5.93. The molecule has 3 aliphatic rings. The molecule has 2 heterocycles. The van der Waals surface area contributed by atoms with E-state index in [0.717, 1.165) is 4.90 Å². The summed E-state index contributed by atoms with van der Waals surface area (Å²) in [6, 6.07) is 15.0. The molecule has 2 atom stereocenters. The molecule has 7 nitrogen and oxygen atoms in total. The molecule has 3 N–H and O–H groups in total. The van der Waals surface area contributed by atoms with Gasteiger partial charge in [0.05, 0.1) is 5.57 Å². The molecule has 0 bridgehead atoms. The number of hydrogen-bond donors (Lipinski definition) is 3. The molecule has 1 spiro atoms. The second kappa shape index (κ2) is 5.08. The van der Waals surface area contributed by atoms with E-state index in [9.17, 15) is 24.9 Å². The van der Waals surface area contributed by atoms with Gasteiger partial charge in [-0.3, -0.25) is 9.59 Å². The van der Waals surface area contributed by atoms with Crippen LogP contribution in [0, 0.1) is 0 Å². The predicted molar refractivity (Wildman–Crippen MR) is 95.0 cm³/mol. The van der Waals surface area contributed by atoms with Crippen molar-refractivity contribution in [2.45, 2.75) is 30.6 Å². The van der Waals surface area contributed by atoms with Gasteiger partial charge in [-0.05, 0) is 12.5 Å². The highest BCUT2D eigenvalue weighted by Crippen LogP contribution is 2.66. The van der Waals surface area contributed by atoms with Crippen LogP contribution in [0.15, 0.2) is 65.9 Å². The highest BCUT2D eigenvalue weighted by Gasteiger charge is 2.84. The number of aliphatic hydroxyl groups is 3. The molecule has 2 aliphatic heterocycles. The van der Waals surface area contributed by atoms with E-state index in [4.69, 9.17) is 4.74 Å². The van der Waals surface area contributed by atoms with Crippen molar-refractivity contribution in [2.24, 2.45) is 0 Å². The van der Waals surface area contributed by atoms with Crippen LogP contribution in [0.5, 0.6) is 0 Å². The molecular formula is C21H17NO6. The van der Waals surface area contributed by atoms with Crippen LogP contribution in [-0.4, -0.2) is 37.4 Å². The highest BCUT2D eigenvalue weighted by molar-refractivity contribution is 6.46. The summed E-state index contributed by atoms with van der Waals surface area (Å²) >= 11 is 0. The Labute approximate surface area is 160 Å². The lowest BCUT2D eigenvalue weighted by Crippen LogP contribution is -2.66. The fraction of sp³-hybridized carbons (Fsp3) is 0.238. The van der Waals surface area contributed by atoms with Gasteiger partial charge in [0.15, 0.2) is 0 Å². The van der Waals surface area contributed by atoms with Crippen LogP contribution in [0.1, 0.15) is 23.6 Å². The van der Waals surface area contributed by atoms with Crippen LogP contribution in [0.2, 0.25) is 0 Å². The van der Waals surface area contributed by atoms with E-state index in [2.05, 4.69) is 0 Å². The van der Waals surface area contributed by atoms with Gasteiger partial charge in [-0.15, -0.1) is 0 Å². The van der Waals surface area contributed by atoms with Gasteiger partial charge in [0, 0.05) is 17.7 Å². The van der Waals surface area contributed by atoms with E-state index in [1.165, 1.54) is 19.1 Å². The quantitative estimate of drug-likeness (QED) is 0.522. The molecule has 2 aromatic carbocycles. The normalized spacial score (nSPS) is 29.6. The number of nitrogens with zero attached hydrogens (tertiary/aromatic N) is 1. The number of ketones is 1. The van der Waals surface area contributed by atoms with Gasteiger partial charge in [-0.1, -0.05) is 54.6 Å². The number of Topliss-reactive ketones (excluding diaryl/α,β-unsaturated/α-hetero) is 1. The minimum atomic E-state index is -2.73. The summed E-state index contributed by atoms with van der Waals surface area (Å²) in [5.74, 6) is -6.87. The first kappa shape index (κ1) is 17.1. The molecule has 0 radical (unpaired) electrons. The number of carbonyl (C=O) groups is 2. The number of amides is 1. The number of rotatable bonds is 2. The summed E-state index contributed by atoms with van der Waals surface area (Å²) in [5, 5.41) is 34.2. The van der Waals surface area contributed by atoms with Crippen molar-refractivity contribution in [1.82, 2.24) is 4.90 Å². The van der Waals surface area contributed by atoms with Crippen molar-refractivity contribution in [2.75, 3.05) is 0 Å². The molecule has 5 rings (SSSR count). The number of fused-ring (bicyclic) bond motifs is 2. The van der Waals surface area contributed by atoms with Crippen LogP contribution >= 0.6 is 0 Å². The first-order valence-corrected chi connectivity index (χ1v) is 8.84. The third kappa shape index (κ3) is 1.62. The Morgan fingerprint density at radius 2 is 1.54 bits per heavy atom. The number of benzene rings is 2. The molecule has 1 aliphatic carbocycles. The van der Waals surface area contributed by atoms with Crippen LogP contribution in [-0.2, 0) is 32.4 Å². The molecule has 2 unspecified atom stereocenters. The van der Waals surface area contributed by atoms with Crippen molar-refractivity contribution in [3.8, 4) is 0 Å². The molecule has 1 fully saturated rings. The van der Waals surface area contributed by atoms with E-state index in [1.807, 2.05) is 0 Å². The third-order valence-electron chi connectivity index (χ3n) is 5.93. The Morgan fingerprint density at radius 1 is 0.929 bits per heavy atom. The summed E-state index contributed by atoms with van der Waals surface area (Å²) in [6.45, 7) is 1.33. The zero-order valence-electron chi connectivity index (χ0n) is 14.9. The smallest absolute Gasteiger partial charge is 0.296 e. The maximum absolute atomic E-state index is 12.9. The number of hydrogen-bond acceptors (Lipinski definition) is 6. The minimum Gasteiger partial charge on any atom is -0.459 e. The molecule has 1 amide bonds. The summed E-state index contributed by atoms with van der Waals surface area (Å²) in [5.41, 5.74) is -1.66. The molecular weight excluding hydrogens is 362 g/mol.